The van der Waals surface area contributed by atoms with Gasteiger partial charge >= 0.3 is 0 Å². The summed E-state index contributed by atoms with van der Waals surface area (Å²) < 4.78 is 42.5. The van der Waals surface area contributed by atoms with Crippen molar-refractivity contribution in [2.75, 3.05) is 0 Å². The first-order valence-corrected chi connectivity index (χ1v) is 9.92. The molecule has 0 saturated carbocycles. The number of nitrogens with zero attached hydrogens (tertiary/aromatic N) is 2. The minimum Gasteiger partial charge on any atom is -0.363 e. The lowest BCUT2D eigenvalue weighted by Gasteiger charge is -2.13. The van der Waals surface area contributed by atoms with Crippen LogP contribution in [0, 0.1) is 24.4 Å². The largest absolute Gasteiger partial charge is 0.363 e. The van der Waals surface area contributed by atoms with Crippen LogP contribution in [-0.2, 0) is 0 Å². The summed E-state index contributed by atoms with van der Waals surface area (Å²) in [4.78, 5) is 15.2. The number of H-pyrrole nitrogens is 1. The summed E-state index contributed by atoms with van der Waals surface area (Å²) in [5.74, 6) is -3.13. The van der Waals surface area contributed by atoms with Crippen molar-refractivity contribution in [3.63, 3.8) is 0 Å². The van der Waals surface area contributed by atoms with E-state index in [1.165, 1.54) is 31.2 Å². The fourth-order valence-corrected chi connectivity index (χ4v) is 3.22. The van der Waals surface area contributed by atoms with Crippen molar-refractivity contribution < 1.29 is 18.0 Å². The average molecular weight is 438 g/mol. The SMILES string of the molecule is CC.Cc1cc(-c2ccccc2-c2cc(-c3n[nH]c(C(N)=O)n3)ccc2F)cc(F)c1F. The summed E-state index contributed by atoms with van der Waals surface area (Å²) >= 11 is 0. The van der Waals surface area contributed by atoms with Crippen molar-refractivity contribution >= 4 is 5.91 Å². The summed E-state index contributed by atoms with van der Waals surface area (Å²) in [6.07, 6.45) is 0. The standard InChI is InChI=1S/C22H15F3N4O.C2H6/c1-11-8-13(10-18(24)19(11)25)14-4-2-3-5-15(14)16-9-12(6-7-17(16)23)21-27-22(20(26)30)29-28-21;1-2/h2-10H,1H3,(H2,26,30)(H,27,28,29);1-2H3. The van der Waals surface area contributed by atoms with Crippen LogP contribution in [0.2, 0.25) is 0 Å². The van der Waals surface area contributed by atoms with Crippen molar-refractivity contribution in [2.24, 2.45) is 5.73 Å². The molecule has 1 heterocycles. The number of aromatic nitrogens is 3. The Morgan fingerprint density at radius 3 is 2.19 bits per heavy atom. The van der Waals surface area contributed by atoms with Crippen LogP contribution in [0.15, 0.2) is 54.6 Å². The number of carbonyl (C=O) groups is 1. The summed E-state index contributed by atoms with van der Waals surface area (Å²) in [7, 11) is 0. The molecule has 0 atom stereocenters. The van der Waals surface area contributed by atoms with Crippen molar-refractivity contribution in [3.8, 4) is 33.6 Å². The van der Waals surface area contributed by atoms with Gasteiger partial charge in [-0.1, -0.05) is 38.1 Å². The van der Waals surface area contributed by atoms with E-state index < -0.39 is 23.4 Å². The van der Waals surface area contributed by atoms with Crippen LogP contribution >= 0.6 is 0 Å². The fraction of sp³-hybridized carbons (Fsp3) is 0.125. The van der Waals surface area contributed by atoms with Gasteiger partial charge in [-0.3, -0.25) is 9.89 Å². The third-order valence-electron chi connectivity index (χ3n) is 4.68. The van der Waals surface area contributed by atoms with E-state index in [2.05, 4.69) is 15.2 Å². The van der Waals surface area contributed by atoms with Crippen LogP contribution in [0.4, 0.5) is 13.2 Å². The number of hydrogen-bond acceptors (Lipinski definition) is 3. The van der Waals surface area contributed by atoms with Crippen LogP contribution in [0.5, 0.6) is 0 Å². The van der Waals surface area contributed by atoms with E-state index in [0.29, 0.717) is 22.3 Å². The van der Waals surface area contributed by atoms with Gasteiger partial charge in [-0.2, -0.15) is 5.10 Å². The van der Waals surface area contributed by atoms with Crippen molar-refractivity contribution in [1.82, 2.24) is 15.2 Å². The summed E-state index contributed by atoms with van der Waals surface area (Å²) in [5, 5.41) is 6.36. The number of halogens is 3. The Kier molecular flexibility index (Phi) is 6.73. The Labute approximate surface area is 183 Å². The molecule has 1 aromatic heterocycles. The molecule has 0 unspecified atom stereocenters. The normalized spacial score (nSPS) is 10.4. The van der Waals surface area contributed by atoms with E-state index in [-0.39, 0.29) is 22.8 Å². The number of nitrogens with two attached hydrogens (primary N) is 1. The third-order valence-corrected chi connectivity index (χ3v) is 4.68. The van der Waals surface area contributed by atoms with Crippen LogP contribution in [0.25, 0.3) is 33.6 Å². The van der Waals surface area contributed by atoms with Gasteiger partial charge in [0.2, 0.25) is 5.82 Å². The Morgan fingerprint density at radius 1 is 0.875 bits per heavy atom. The number of benzene rings is 3. The second-order valence-electron chi connectivity index (χ2n) is 6.70. The molecule has 0 saturated heterocycles. The molecule has 1 amide bonds. The van der Waals surface area contributed by atoms with Crippen LogP contribution in [0.3, 0.4) is 0 Å². The maximum atomic E-state index is 14.8. The highest BCUT2D eigenvalue weighted by atomic mass is 19.2. The molecule has 5 nitrogen and oxygen atoms in total. The average Bonchev–Trinajstić information content (AvgIpc) is 3.30. The molecule has 0 aliphatic carbocycles. The van der Waals surface area contributed by atoms with E-state index in [4.69, 9.17) is 5.73 Å². The first kappa shape index (κ1) is 22.7. The zero-order valence-electron chi connectivity index (χ0n) is 17.7. The van der Waals surface area contributed by atoms with Crippen molar-refractivity contribution in [2.45, 2.75) is 20.8 Å². The first-order chi connectivity index (χ1) is 15.3. The van der Waals surface area contributed by atoms with E-state index >= 15 is 0 Å². The lowest BCUT2D eigenvalue weighted by atomic mass is 9.92. The number of primary amides is 1. The number of amides is 1. The molecule has 0 fully saturated rings. The van der Waals surface area contributed by atoms with Gasteiger partial charge < -0.3 is 5.73 Å². The monoisotopic (exact) mass is 438 g/mol. The van der Waals surface area contributed by atoms with E-state index in [1.807, 2.05) is 13.8 Å². The summed E-state index contributed by atoms with van der Waals surface area (Å²) in [6.45, 7) is 5.46. The summed E-state index contributed by atoms with van der Waals surface area (Å²) in [6, 6.07) is 13.7. The van der Waals surface area contributed by atoms with Gasteiger partial charge in [-0.15, -0.1) is 0 Å². The number of rotatable bonds is 4. The maximum Gasteiger partial charge on any atom is 0.286 e. The van der Waals surface area contributed by atoms with Gasteiger partial charge in [-0.05, 0) is 59.5 Å². The predicted octanol–water partition coefficient (Wildman–Crippen LogP) is 5.66. The lowest BCUT2D eigenvalue weighted by molar-refractivity contribution is 0.0991. The molecule has 0 spiro atoms. The van der Waals surface area contributed by atoms with E-state index in [9.17, 15) is 18.0 Å². The van der Waals surface area contributed by atoms with Gasteiger partial charge in [0, 0.05) is 11.1 Å². The zero-order valence-corrected chi connectivity index (χ0v) is 17.7. The second-order valence-corrected chi connectivity index (χ2v) is 6.70. The Morgan fingerprint density at radius 2 is 1.56 bits per heavy atom. The Bertz CT molecular complexity index is 1260. The highest BCUT2D eigenvalue weighted by Gasteiger charge is 2.17. The number of nitrogens with one attached hydrogen (secondary N) is 1. The number of aromatic amines is 1. The molecule has 164 valence electrons. The van der Waals surface area contributed by atoms with Gasteiger partial charge in [0.05, 0.1) is 0 Å². The molecule has 4 aromatic rings. The molecule has 0 aliphatic heterocycles. The van der Waals surface area contributed by atoms with Gasteiger partial charge in [0.1, 0.15) is 5.82 Å². The van der Waals surface area contributed by atoms with Crippen LogP contribution < -0.4 is 5.73 Å². The Hall–Kier alpha value is -3.94. The zero-order chi connectivity index (χ0) is 23.4. The summed E-state index contributed by atoms with van der Waals surface area (Å²) in [5.41, 5.74) is 7.42. The molecule has 3 aromatic carbocycles. The van der Waals surface area contributed by atoms with E-state index in [1.54, 1.807) is 24.3 Å². The smallest absolute Gasteiger partial charge is 0.286 e. The quantitative estimate of drug-likeness (QED) is 0.431. The molecule has 3 N–H and O–H groups in total. The van der Waals surface area contributed by atoms with Crippen molar-refractivity contribution in [3.05, 3.63) is 83.4 Å². The van der Waals surface area contributed by atoms with Gasteiger partial charge in [0.25, 0.3) is 5.91 Å². The molecule has 8 heteroatoms. The molecule has 0 radical (unpaired) electrons. The number of aryl methyl sites for hydroxylation is 1. The fourth-order valence-electron chi connectivity index (χ4n) is 3.22. The Balaban J connectivity index is 0.00000141. The maximum absolute atomic E-state index is 14.8. The van der Waals surface area contributed by atoms with Gasteiger partial charge in [0.15, 0.2) is 17.5 Å². The predicted molar refractivity (Wildman–Crippen MR) is 117 cm³/mol. The number of hydrogen-bond donors (Lipinski definition) is 2. The highest BCUT2D eigenvalue weighted by Crippen LogP contribution is 2.36. The van der Waals surface area contributed by atoms with Crippen molar-refractivity contribution in [1.29, 1.82) is 0 Å². The van der Waals surface area contributed by atoms with E-state index in [0.717, 1.165) is 6.07 Å². The number of carbonyl (C=O) groups excluding carboxylic acids is 1. The third kappa shape index (κ3) is 4.39. The highest BCUT2D eigenvalue weighted by molar-refractivity contribution is 5.89. The minimum atomic E-state index is -0.978. The van der Waals surface area contributed by atoms with Gasteiger partial charge in [-0.25, -0.2) is 18.2 Å². The lowest BCUT2D eigenvalue weighted by Crippen LogP contribution is -2.12. The topological polar surface area (TPSA) is 84.7 Å². The first-order valence-electron chi connectivity index (χ1n) is 9.92. The van der Waals surface area contributed by atoms with Crippen LogP contribution in [-0.4, -0.2) is 21.1 Å². The molecule has 32 heavy (non-hydrogen) atoms. The molecule has 0 aliphatic rings. The molecular formula is C24H21F3N4O. The molecule has 0 bridgehead atoms. The van der Waals surface area contributed by atoms with Crippen LogP contribution in [0.1, 0.15) is 30.0 Å². The molecular weight excluding hydrogens is 417 g/mol. The minimum absolute atomic E-state index is 0.117. The molecule has 4 rings (SSSR count). The second kappa shape index (κ2) is 9.47.